The maximum Gasteiger partial charge on any atom is 0.229 e. The second kappa shape index (κ2) is 8.83. The Morgan fingerprint density at radius 3 is 2.35 bits per heavy atom. The van der Waals surface area contributed by atoms with Crippen LogP contribution >= 0.6 is 11.6 Å². The van der Waals surface area contributed by atoms with E-state index in [0.717, 1.165) is 38.4 Å². The lowest BCUT2D eigenvalue weighted by molar-refractivity contribution is 0.249. The number of anilines is 3. The van der Waals surface area contributed by atoms with Gasteiger partial charge in [-0.25, -0.2) is 9.97 Å². The van der Waals surface area contributed by atoms with Crippen molar-refractivity contribution in [1.29, 1.82) is 0 Å². The summed E-state index contributed by atoms with van der Waals surface area (Å²) < 4.78 is 0. The molecule has 3 heterocycles. The molecule has 156 valence electrons. The van der Waals surface area contributed by atoms with E-state index in [1.807, 2.05) is 24.3 Å². The van der Waals surface area contributed by atoms with Gasteiger partial charge in [-0.05, 0) is 29.8 Å². The van der Waals surface area contributed by atoms with Crippen molar-refractivity contribution in [1.82, 2.24) is 24.8 Å². The van der Waals surface area contributed by atoms with Crippen molar-refractivity contribution >= 4 is 40.2 Å². The Balaban J connectivity index is 1.36. The monoisotopic (exact) mass is 431 g/mol. The number of halogens is 1. The van der Waals surface area contributed by atoms with E-state index in [9.17, 15) is 0 Å². The van der Waals surface area contributed by atoms with Crippen molar-refractivity contribution in [2.24, 2.45) is 0 Å². The number of aromatic nitrogens is 4. The molecule has 1 N–H and O–H groups in total. The number of hydrogen-bond donors (Lipinski definition) is 1. The first-order valence-electron chi connectivity index (χ1n) is 10.3. The van der Waals surface area contributed by atoms with E-state index in [1.54, 1.807) is 12.4 Å². The van der Waals surface area contributed by atoms with Gasteiger partial charge in [0.1, 0.15) is 0 Å². The minimum Gasteiger partial charge on any atom is -0.338 e. The first kappa shape index (κ1) is 19.7. The van der Waals surface area contributed by atoms with E-state index in [-0.39, 0.29) is 0 Å². The van der Waals surface area contributed by atoms with Crippen LogP contribution in [0.25, 0.3) is 11.2 Å². The van der Waals surface area contributed by atoms with Crippen LogP contribution in [0.15, 0.2) is 67.0 Å². The largest absolute Gasteiger partial charge is 0.338 e. The normalized spacial score (nSPS) is 14.7. The van der Waals surface area contributed by atoms with Gasteiger partial charge in [-0.2, -0.15) is 9.97 Å². The summed E-state index contributed by atoms with van der Waals surface area (Å²) in [5.41, 5.74) is 3.44. The van der Waals surface area contributed by atoms with Crippen LogP contribution in [0.1, 0.15) is 5.56 Å². The molecule has 1 aliphatic heterocycles. The molecule has 0 unspecified atom stereocenters. The number of hydrogen-bond acceptors (Lipinski definition) is 7. The summed E-state index contributed by atoms with van der Waals surface area (Å²) in [6.45, 7) is 4.59. The van der Waals surface area contributed by atoms with Crippen LogP contribution in [-0.2, 0) is 6.54 Å². The van der Waals surface area contributed by atoms with Gasteiger partial charge in [0.2, 0.25) is 5.95 Å². The van der Waals surface area contributed by atoms with Gasteiger partial charge < -0.3 is 10.2 Å². The molecule has 1 saturated heterocycles. The number of piperazine rings is 1. The van der Waals surface area contributed by atoms with Crippen LogP contribution in [0.2, 0.25) is 5.02 Å². The van der Waals surface area contributed by atoms with E-state index < -0.39 is 0 Å². The SMILES string of the molecule is Clc1ccc(Nc2nc(N3CCN(Cc4ccccc4)CC3)nc3nccnc23)cc1. The fourth-order valence-corrected chi connectivity index (χ4v) is 3.82. The third-order valence-corrected chi connectivity index (χ3v) is 5.58. The van der Waals surface area contributed by atoms with Crippen molar-refractivity contribution < 1.29 is 0 Å². The second-order valence-corrected chi connectivity index (χ2v) is 7.92. The molecular weight excluding hydrogens is 410 g/mol. The Bertz CT molecular complexity index is 1160. The quantitative estimate of drug-likeness (QED) is 0.509. The number of benzene rings is 2. The lowest BCUT2D eigenvalue weighted by Crippen LogP contribution is -2.46. The molecule has 0 spiro atoms. The van der Waals surface area contributed by atoms with E-state index in [4.69, 9.17) is 16.6 Å². The van der Waals surface area contributed by atoms with E-state index in [2.05, 4.69) is 60.4 Å². The number of nitrogens with one attached hydrogen (secondary N) is 1. The molecule has 2 aromatic heterocycles. The molecular formula is C23H22ClN7. The average molecular weight is 432 g/mol. The highest BCUT2D eigenvalue weighted by molar-refractivity contribution is 6.30. The van der Waals surface area contributed by atoms with Crippen molar-refractivity contribution in [3.63, 3.8) is 0 Å². The second-order valence-electron chi connectivity index (χ2n) is 7.48. The summed E-state index contributed by atoms with van der Waals surface area (Å²) in [5.74, 6) is 1.31. The number of nitrogens with zero attached hydrogens (tertiary/aromatic N) is 6. The topological polar surface area (TPSA) is 70.1 Å². The maximum absolute atomic E-state index is 6.01. The summed E-state index contributed by atoms with van der Waals surface area (Å²) in [6.07, 6.45) is 3.31. The molecule has 5 rings (SSSR count). The summed E-state index contributed by atoms with van der Waals surface area (Å²) >= 11 is 6.01. The van der Waals surface area contributed by atoms with Crippen LogP contribution < -0.4 is 10.2 Å². The summed E-state index contributed by atoms with van der Waals surface area (Å²) in [7, 11) is 0. The number of rotatable bonds is 5. The van der Waals surface area contributed by atoms with Crippen molar-refractivity contribution in [2.45, 2.75) is 6.54 Å². The predicted molar refractivity (Wildman–Crippen MR) is 124 cm³/mol. The lowest BCUT2D eigenvalue weighted by Gasteiger charge is -2.34. The Hall–Kier alpha value is -3.29. The fraction of sp³-hybridized carbons (Fsp3) is 0.217. The van der Waals surface area contributed by atoms with Gasteiger partial charge in [-0.3, -0.25) is 4.90 Å². The van der Waals surface area contributed by atoms with E-state index in [0.29, 0.717) is 28.0 Å². The third-order valence-electron chi connectivity index (χ3n) is 5.33. The molecule has 0 aliphatic carbocycles. The highest BCUT2D eigenvalue weighted by atomic mass is 35.5. The van der Waals surface area contributed by atoms with Gasteiger partial charge in [0, 0.05) is 55.8 Å². The van der Waals surface area contributed by atoms with Gasteiger partial charge in [-0.15, -0.1) is 0 Å². The standard InChI is InChI=1S/C23H22ClN7/c24-18-6-8-19(9-7-18)27-22-20-21(26-11-10-25-20)28-23(29-22)31-14-12-30(13-15-31)16-17-4-2-1-3-5-17/h1-11H,12-16H2,(H,26,27,28,29). The highest BCUT2D eigenvalue weighted by Gasteiger charge is 2.21. The average Bonchev–Trinajstić information content (AvgIpc) is 2.82. The molecule has 31 heavy (non-hydrogen) atoms. The van der Waals surface area contributed by atoms with Crippen LogP contribution in [-0.4, -0.2) is 51.0 Å². The van der Waals surface area contributed by atoms with Gasteiger partial charge in [0.05, 0.1) is 0 Å². The number of fused-ring (bicyclic) bond motifs is 1. The molecule has 1 aliphatic rings. The lowest BCUT2D eigenvalue weighted by atomic mass is 10.2. The zero-order chi connectivity index (χ0) is 21.0. The molecule has 4 aromatic rings. The zero-order valence-corrected chi connectivity index (χ0v) is 17.7. The Kier molecular flexibility index (Phi) is 5.60. The Morgan fingerprint density at radius 1 is 0.839 bits per heavy atom. The van der Waals surface area contributed by atoms with Crippen molar-refractivity contribution in [2.75, 3.05) is 36.4 Å². The Labute approximate surface area is 185 Å². The summed E-state index contributed by atoms with van der Waals surface area (Å²) in [6, 6.07) is 18.1. The molecule has 8 heteroatoms. The first-order chi connectivity index (χ1) is 15.2. The van der Waals surface area contributed by atoms with Gasteiger partial charge in [-0.1, -0.05) is 41.9 Å². The molecule has 1 fully saturated rings. The van der Waals surface area contributed by atoms with Crippen LogP contribution in [0.5, 0.6) is 0 Å². The van der Waals surface area contributed by atoms with E-state index in [1.165, 1.54) is 5.56 Å². The van der Waals surface area contributed by atoms with Gasteiger partial charge >= 0.3 is 0 Å². The molecule has 0 saturated carbocycles. The maximum atomic E-state index is 6.01. The predicted octanol–water partition coefficient (Wildman–Crippen LogP) is 4.14. The molecule has 7 nitrogen and oxygen atoms in total. The summed E-state index contributed by atoms with van der Waals surface area (Å²) in [5, 5.41) is 4.03. The van der Waals surface area contributed by atoms with Crippen LogP contribution in [0.4, 0.5) is 17.5 Å². The summed E-state index contributed by atoms with van der Waals surface area (Å²) in [4.78, 5) is 23.0. The minimum absolute atomic E-state index is 0.579. The first-order valence-corrected chi connectivity index (χ1v) is 10.6. The zero-order valence-electron chi connectivity index (χ0n) is 16.9. The molecule has 0 bridgehead atoms. The van der Waals surface area contributed by atoms with Crippen LogP contribution in [0, 0.1) is 0 Å². The minimum atomic E-state index is 0.579. The fourth-order valence-electron chi connectivity index (χ4n) is 3.70. The highest BCUT2D eigenvalue weighted by Crippen LogP contribution is 2.25. The van der Waals surface area contributed by atoms with Crippen molar-refractivity contribution in [3.8, 4) is 0 Å². The molecule has 0 radical (unpaired) electrons. The molecule has 0 atom stereocenters. The van der Waals surface area contributed by atoms with Gasteiger partial charge in [0.15, 0.2) is 17.0 Å². The smallest absolute Gasteiger partial charge is 0.229 e. The molecule has 0 amide bonds. The third kappa shape index (κ3) is 4.57. The van der Waals surface area contributed by atoms with E-state index >= 15 is 0 Å². The van der Waals surface area contributed by atoms with Gasteiger partial charge in [0.25, 0.3) is 0 Å². The van der Waals surface area contributed by atoms with Crippen LogP contribution in [0.3, 0.4) is 0 Å². The Morgan fingerprint density at radius 2 is 1.58 bits per heavy atom. The van der Waals surface area contributed by atoms with Crippen molar-refractivity contribution in [3.05, 3.63) is 77.6 Å². The molecule has 2 aromatic carbocycles.